The highest BCUT2D eigenvalue weighted by Crippen LogP contribution is 2.54. The first-order valence-corrected chi connectivity index (χ1v) is 13.1. The van der Waals surface area contributed by atoms with Crippen molar-refractivity contribution in [2.45, 2.75) is 50.1 Å². The highest BCUT2D eigenvalue weighted by molar-refractivity contribution is 5.99. The summed E-state index contributed by atoms with van der Waals surface area (Å²) in [5, 5.41) is 10.3. The van der Waals surface area contributed by atoms with E-state index in [0.717, 1.165) is 16.5 Å². The van der Waals surface area contributed by atoms with E-state index in [9.17, 15) is 14.4 Å². The van der Waals surface area contributed by atoms with E-state index in [1.165, 1.54) is 0 Å². The van der Waals surface area contributed by atoms with Crippen LogP contribution in [0.1, 0.15) is 54.2 Å². The lowest BCUT2D eigenvalue weighted by Crippen LogP contribution is -2.58. The zero-order valence-electron chi connectivity index (χ0n) is 21.6. The normalized spacial score (nSPS) is 23.5. The van der Waals surface area contributed by atoms with Gasteiger partial charge in [0.2, 0.25) is 11.8 Å². The SMILES string of the molecule is Cn1ncc2cccc(CN3CCC4(COc5c4ccc4c5CNC4=O)C(F)(F)C3)c21.O=C1CCCC(=O)N1.[HH]. The molecule has 0 aliphatic carbocycles. The van der Waals surface area contributed by atoms with Gasteiger partial charge in [-0.3, -0.25) is 29.3 Å². The molecule has 4 aliphatic heterocycles. The Morgan fingerprint density at radius 3 is 2.64 bits per heavy atom. The summed E-state index contributed by atoms with van der Waals surface area (Å²) in [6, 6.07) is 9.24. The topological polar surface area (TPSA) is 106 Å². The van der Waals surface area contributed by atoms with Crippen molar-refractivity contribution < 1.29 is 29.3 Å². The molecule has 11 heteroatoms. The minimum atomic E-state index is -2.96. The van der Waals surface area contributed by atoms with Gasteiger partial charge in [-0.25, -0.2) is 8.78 Å². The number of amides is 3. The first-order valence-electron chi connectivity index (χ1n) is 13.1. The molecule has 39 heavy (non-hydrogen) atoms. The molecule has 5 heterocycles. The molecule has 1 aromatic heterocycles. The monoisotopic (exact) mass is 539 g/mol. The number of nitrogens with one attached hydrogen (secondary N) is 2. The zero-order chi connectivity index (χ0) is 27.4. The maximum absolute atomic E-state index is 15.7. The Balaban J connectivity index is 0.000000312. The third-order valence-electron chi connectivity index (χ3n) is 8.21. The van der Waals surface area contributed by atoms with E-state index in [0.29, 0.717) is 67.8 Å². The molecule has 1 atom stereocenters. The van der Waals surface area contributed by atoms with Crippen LogP contribution in [0, 0.1) is 0 Å². The number of halogens is 2. The fraction of sp³-hybridized carbons (Fsp3) is 0.429. The quantitative estimate of drug-likeness (QED) is 0.485. The molecule has 2 N–H and O–H groups in total. The molecule has 206 valence electrons. The summed E-state index contributed by atoms with van der Waals surface area (Å²) in [5.41, 5.74) is 2.41. The molecule has 3 amide bonds. The summed E-state index contributed by atoms with van der Waals surface area (Å²) in [5.74, 6) is -2.93. The summed E-state index contributed by atoms with van der Waals surface area (Å²) >= 11 is 0. The van der Waals surface area contributed by atoms with Crippen LogP contribution in [0.4, 0.5) is 8.78 Å². The van der Waals surface area contributed by atoms with Crippen LogP contribution >= 0.6 is 0 Å². The van der Waals surface area contributed by atoms with Crippen molar-refractivity contribution in [3.8, 4) is 5.75 Å². The van der Waals surface area contributed by atoms with Crippen molar-refractivity contribution in [2.75, 3.05) is 19.7 Å². The molecule has 2 saturated heterocycles. The summed E-state index contributed by atoms with van der Waals surface area (Å²) in [4.78, 5) is 34.5. The number of aryl methyl sites for hydroxylation is 1. The van der Waals surface area contributed by atoms with Gasteiger partial charge in [0.05, 0.1) is 23.7 Å². The number of likely N-dealkylation sites (tertiary alicyclic amines) is 1. The number of ether oxygens (including phenoxy) is 1. The molecule has 1 unspecified atom stereocenters. The number of hydrogen-bond donors (Lipinski definition) is 2. The number of carbonyl (C=O) groups excluding carboxylic acids is 3. The van der Waals surface area contributed by atoms with Gasteiger partial charge >= 0.3 is 0 Å². The lowest BCUT2D eigenvalue weighted by Gasteiger charge is -2.44. The largest absolute Gasteiger partial charge is 0.492 e. The number of fused-ring (bicyclic) bond motifs is 5. The number of imide groups is 1. The molecule has 2 fully saturated rings. The molecule has 0 bridgehead atoms. The van der Waals surface area contributed by atoms with E-state index < -0.39 is 11.3 Å². The molecule has 0 saturated carbocycles. The van der Waals surface area contributed by atoms with Gasteiger partial charge in [-0.15, -0.1) is 0 Å². The van der Waals surface area contributed by atoms with E-state index in [-0.39, 0.29) is 32.3 Å². The second-order valence-corrected chi connectivity index (χ2v) is 10.6. The Morgan fingerprint density at radius 1 is 1.13 bits per heavy atom. The van der Waals surface area contributed by atoms with Crippen molar-refractivity contribution in [1.29, 1.82) is 0 Å². The second kappa shape index (κ2) is 9.41. The number of carbonyl (C=O) groups is 3. The Morgan fingerprint density at radius 2 is 1.92 bits per heavy atom. The van der Waals surface area contributed by atoms with Crippen molar-refractivity contribution in [3.63, 3.8) is 0 Å². The van der Waals surface area contributed by atoms with Gasteiger partial charge in [0.25, 0.3) is 11.8 Å². The van der Waals surface area contributed by atoms with Gasteiger partial charge in [-0.05, 0) is 31.0 Å². The first kappa shape index (κ1) is 25.4. The van der Waals surface area contributed by atoms with Crippen LogP contribution in [0.2, 0.25) is 0 Å². The molecule has 3 aromatic rings. The van der Waals surface area contributed by atoms with Crippen molar-refractivity contribution in [2.24, 2.45) is 7.05 Å². The molecule has 9 nitrogen and oxygen atoms in total. The average molecular weight is 540 g/mol. The molecular formula is C28H31F2N5O4. The highest BCUT2D eigenvalue weighted by atomic mass is 19.3. The van der Waals surface area contributed by atoms with E-state index in [1.54, 1.807) is 23.0 Å². The maximum atomic E-state index is 15.7. The fourth-order valence-corrected chi connectivity index (χ4v) is 6.16. The maximum Gasteiger partial charge on any atom is 0.273 e. The second-order valence-electron chi connectivity index (χ2n) is 10.6. The van der Waals surface area contributed by atoms with Crippen LogP contribution in [-0.2, 0) is 35.1 Å². The van der Waals surface area contributed by atoms with Crippen LogP contribution in [0.3, 0.4) is 0 Å². The predicted molar refractivity (Wildman–Crippen MR) is 139 cm³/mol. The van der Waals surface area contributed by atoms with Gasteiger partial charge in [-0.2, -0.15) is 5.10 Å². The molecular weight excluding hydrogens is 508 g/mol. The van der Waals surface area contributed by atoms with Gasteiger partial charge in [0.1, 0.15) is 12.4 Å². The lowest BCUT2D eigenvalue weighted by atomic mass is 9.71. The Labute approximate surface area is 225 Å². The molecule has 7 rings (SSSR count). The van der Waals surface area contributed by atoms with E-state index in [4.69, 9.17) is 4.74 Å². The number of piperidine rings is 2. The van der Waals surface area contributed by atoms with Crippen LogP contribution in [-0.4, -0.2) is 58.0 Å². The number of benzene rings is 2. The van der Waals surface area contributed by atoms with Gasteiger partial charge < -0.3 is 10.1 Å². The number of rotatable bonds is 2. The van der Waals surface area contributed by atoms with Crippen molar-refractivity contribution in [3.05, 3.63) is 58.8 Å². The van der Waals surface area contributed by atoms with E-state index in [2.05, 4.69) is 15.7 Å². The highest BCUT2D eigenvalue weighted by Gasteiger charge is 2.62. The fourth-order valence-electron chi connectivity index (χ4n) is 6.16. The van der Waals surface area contributed by atoms with Gasteiger partial charge in [0.15, 0.2) is 0 Å². The van der Waals surface area contributed by atoms with Crippen LogP contribution in [0.25, 0.3) is 10.9 Å². The molecule has 2 aromatic carbocycles. The van der Waals surface area contributed by atoms with Crippen molar-refractivity contribution in [1.82, 2.24) is 25.3 Å². The standard InChI is InChI=1S/C23H22F2N4O2.C5H7NO2.H2/c1-28-19-14(9-27-28)3-2-4-15(19)11-29-8-7-22(23(24,25)12-29)13-31-20-17-10-26-21(30)16(17)5-6-18(20)22;7-4-2-1-3-5(8)6-4;/h2-6,9H,7-8,10-13H2,1H3,(H,26,30);1-3H2,(H,6,7,8);1H. The molecule has 1 spiro atoms. The smallest absolute Gasteiger partial charge is 0.273 e. The minimum absolute atomic E-state index is 0. The molecule has 4 aliphatic rings. The summed E-state index contributed by atoms with van der Waals surface area (Å²) in [6.45, 7) is 0.934. The number of aromatic nitrogens is 2. The van der Waals surface area contributed by atoms with E-state index in [1.807, 2.05) is 30.1 Å². The third-order valence-corrected chi connectivity index (χ3v) is 8.21. The van der Waals surface area contributed by atoms with Gasteiger partial charge in [-0.1, -0.05) is 24.3 Å². The summed E-state index contributed by atoms with van der Waals surface area (Å²) in [7, 11) is 1.87. The van der Waals surface area contributed by atoms with Crippen LogP contribution in [0.5, 0.6) is 5.75 Å². The predicted octanol–water partition coefficient (Wildman–Crippen LogP) is 3.05. The van der Waals surface area contributed by atoms with Crippen molar-refractivity contribution >= 4 is 28.6 Å². The van der Waals surface area contributed by atoms with E-state index >= 15 is 8.78 Å². The Hall–Kier alpha value is -3.86. The van der Waals surface area contributed by atoms with Gasteiger partial charge in [0, 0.05) is 56.5 Å². The number of alkyl halides is 2. The summed E-state index contributed by atoms with van der Waals surface area (Å²) in [6.07, 6.45) is 3.82. The number of nitrogens with zero attached hydrogens (tertiary/aromatic N) is 3. The Kier molecular flexibility index (Phi) is 6.13. The average Bonchev–Trinajstić information content (AvgIpc) is 3.58. The Bertz CT molecular complexity index is 1500. The number of para-hydroxylation sites is 1. The third kappa shape index (κ3) is 4.25. The molecule has 0 radical (unpaired) electrons. The summed E-state index contributed by atoms with van der Waals surface area (Å²) < 4.78 is 39.1. The number of hydrogen-bond acceptors (Lipinski definition) is 6. The minimum Gasteiger partial charge on any atom is -0.492 e. The lowest BCUT2D eigenvalue weighted by molar-refractivity contribution is -0.135. The first-order chi connectivity index (χ1) is 18.7. The van der Waals surface area contributed by atoms with Crippen LogP contribution in [0.15, 0.2) is 36.5 Å². The zero-order valence-corrected chi connectivity index (χ0v) is 21.6. The van der Waals surface area contributed by atoms with Crippen LogP contribution < -0.4 is 15.4 Å².